The molecule has 1 saturated heterocycles. The molecule has 0 unspecified atom stereocenters. The lowest BCUT2D eigenvalue weighted by atomic mass is 9.67. The van der Waals surface area contributed by atoms with Crippen molar-refractivity contribution >= 4 is 20.4 Å². The molecule has 134 valence electrons. The molecule has 0 radical (unpaired) electrons. The molecule has 3 rings (SSSR count). The molecule has 1 amide bonds. The van der Waals surface area contributed by atoms with Crippen LogP contribution < -0.4 is 0 Å². The van der Waals surface area contributed by atoms with Crippen LogP contribution >= 0.6 is 0 Å². The summed E-state index contributed by atoms with van der Waals surface area (Å²) in [5.41, 5.74) is 0.467. The molecule has 0 aromatic rings. The fourth-order valence-corrected chi connectivity index (χ4v) is 5.25. The minimum absolute atomic E-state index is 0.00347. The van der Waals surface area contributed by atoms with Crippen LogP contribution in [0.1, 0.15) is 13.3 Å². The zero-order valence-electron chi connectivity index (χ0n) is 15.3. The van der Waals surface area contributed by atoms with Crippen LogP contribution in [0.4, 0.5) is 4.79 Å². The smallest absolute Gasteiger partial charge is 0.410 e. The number of nitrogens with zero attached hydrogens (tertiary/aromatic N) is 1. The molecule has 1 aliphatic carbocycles. The molecule has 2 bridgehead atoms. The van der Waals surface area contributed by atoms with E-state index in [-0.39, 0.29) is 5.92 Å². The van der Waals surface area contributed by atoms with Crippen molar-refractivity contribution in [2.24, 2.45) is 5.92 Å². The molecule has 0 spiro atoms. The molecule has 2 aliphatic heterocycles. The number of carbonyl (C=O) groups is 2. The zero-order valence-corrected chi connectivity index (χ0v) is 16.3. The quantitative estimate of drug-likeness (QED) is 0.442. The molecular weight excluding hydrogens is 326 g/mol. The summed E-state index contributed by atoms with van der Waals surface area (Å²) in [6, 6.07) is -0.577. The summed E-state index contributed by atoms with van der Waals surface area (Å²) in [7, 11) is 0.699. The van der Waals surface area contributed by atoms with Crippen LogP contribution in [0.5, 0.6) is 0 Å². The second-order valence-corrected chi connectivity index (χ2v) is 11.9. The Bertz CT molecular complexity index is 594. The molecule has 0 N–H and O–H groups in total. The van der Waals surface area contributed by atoms with Crippen molar-refractivity contribution in [1.29, 1.82) is 0 Å². The first-order valence-corrected chi connectivity index (χ1v) is 11.5. The molecule has 7 heteroatoms. The molecule has 0 aromatic carbocycles. The van der Waals surface area contributed by atoms with E-state index in [9.17, 15) is 9.59 Å². The number of methoxy groups -OCH3 is 2. The average molecular weight is 353 g/mol. The van der Waals surface area contributed by atoms with Crippen molar-refractivity contribution < 1.29 is 23.5 Å². The van der Waals surface area contributed by atoms with E-state index in [1.807, 2.05) is 13.0 Å². The van der Waals surface area contributed by atoms with Gasteiger partial charge in [0.05, 0.1) is 25.8 Å². The topological polar surface area (TPSA) is 65.1 Å². The first kappa shape index (κ1) is 18.7. The van der Waals surface area contributed by atoms with Gasteiger partial charge in [-0.25, -0.2) is 9.59 Å². The van der Waals surface area contributed by atoms with Gasteiger partial charge >= 0.3 is 12.1 Å². The Morgan fingerprint density at radius 2 is 1.92 bits per heavy atom. The van der Waals surface area contributed by atoms with Crippen molar-refractivity contribution in [1.82, 2.24) is 4.90 Å². The van der Waals surface area contributed by atoms with Gasteiger partial charge < -0.3 is 13.9 Å². The number of hydrogen-bond donors (Lipinski definition) is 0. The lowest BCUT2D eigenvalue weighted by Crippen LogP contribution is -2.68. The van der Waals surface area contributed by atoms with Crippen LogP contribution in [0.15, 0.2) is 23.8 Å². The molecule has 3 atom stereocenters. The Balaban J connectivity index is 2.60. The standard InChI is InChI=1S/C17H27NO5Si/c1-11(2)17(23-24(5,6)7)9-12-8-13(15(19)21-3)14(17)18(10-12)16(20)22-4/h8,12,14H,1,9-10H2,2-7H3/t12-,14+,17+/m1/s1. The number of rotatable bonds is 4. The van der Waals surface area contributed by atoms with E-state index in [0.717, 1.165) is 5.57 Å². The highest BCUT2D eigenvalue weighted by Crippen LogP contribution is 2.48. The summed E-state index contributed by atoms with van der Waals surface area (Å²) in [5.74, 6) is -0.445. The van der Waals surface area contributed by atoms with Crippen molar-refractivity contribution in [3.05, 3.63) is 23.8 Å². The van der Waals surface area contributed by atoms with Gasteiger partial charge in [-0.05, 0) is 44.5 Å². The van der Waals surface area contributed by atoms with Gasteiger partial charge in [-0.1, -0.05) is 12.7 Å². The van der Waals surface area contributed by atoms with Crippen LogP contribution in [0.2, 0.25) is 19.6 Å². The van der Waals surface area contributed by atoms with Crippen LogP contribution in [0, 0.1) is 5.92 Å². The molecule has 2 heterocycles. The first-order chi connectivity index (χ1) is 11.1. The van der Waals surface area contributed by atoms with Crippen molar-refractivity contribution in [2.75, 3.05) is 20.8 Å². The maximum absolute atomic E-state index is 12.3. The largest absolute Gasteiger partial charge is 0.466 e. The minimum Gasteiger partial charge on any atom is -0.466 e. The molecule has 3 aliphatic rings. The van der Waals surface area contributed by atoms with Gasteiger partial charge in [0.2, 0.25) is 0 Å². The van der Waals surface area contributed by atoms with Gasteiger partial charge in [0.1, 0.15) is 5.60 Å². The Hall–Kier alpha value is -1.60. The fourth-order valence-electron chi connectivity index (χ4n) is 3.78. The summed E-state index contributed by atoms with van der Waals surface area (Å²) >= 11 is 0. The minimum atomic E-state index is -1.99. The number of carbonyl (C=O) groups excluding carboxylic acids is 2. The average Bonchev–Trinajstić information content (AvgIpc) is 2.51. The first-order valence-electron chi connectivity index (χ1n) is 8.06. The Morgan fingerprint density at radius 3 is 2.38 bits per heavy atom. The lowest BCUT2D eigenvalue weighted by Gasteiger charge is -2.56. The lowest BCUT2D eigenvalue weighted by molar-refractivity contribution is -0.139. The van der Waals surface area contributed by atoms with Crippen molar-refractivity contribution in [3.63, 3.8) is 0 Å². The van der Waals surface area contributed by atoms with Gasteiger partial charge in [-0.3, -0.25) is 4.90 Å². The maximum Gasteiger partial charge on any atom is 0.410 e. The van der Waals surface area contributed by atoms with Crippen molar-refractivity contribution in [2.45, 2.75) is 44.6 Å². The zero-order chi connectivity index (χ0) is 18.3. The van der Waals surface area contributed by atoms with E-state index in [4.69, 9.17) is 13.9 Å². The third kappa shape index (κ3) is 3.15. The maximum atomic E-state index is 12.3. The number of amides is 1. The Kier molecular flexibility index (Phi) is 4.97. The van der Waals surface area contributed by atoms with E-state index in [1.54, 1.807) is 4.90 Å². The number of fused-ring (bicyclic) bond motifs is 2. The van der Waals surface area contributed by atoms with E-state index in [2.05, 4.69) is 26.2 Å². The van der Waals surface area contributed by atoms with Crippen LogP contribution in [0.3, 0.4) is 0 Å². The second-order valence-electron chi connectivity index (χ2n) is 7.49. The van der Waals surface area contributed by atoms with Crippen molar-refractivity contribution in [3.8, 4) is 0 Å². The predicted octanol–water partition coefficient (Wildman–Crippen LogP) is 2.72. The second kappa shape index (κ2) is 6.37. The summed E-state index contributed by atoms with van der Waals surface area (Å²) in [6.45, 7) is 12.8. The third-order valence-electron chi connectivity index (χ3n) is 4.50. The van der Waals surface area contributed by atoms with E-state index in [1.165, 1.54) is 14.2 Å². The van der Waals surface area contributed by atoms with Gasteiger partial charge in [-0.15, -0.1) is 0 Å². The van der Waals surface area contributed by atoms with Gasteiger partial charge in [0, 0.05) is 6.54 Å². The van der Waals surface area contributed by atoms with Gasteiger partial charge in [0.15, 0.2) is 8.32 Å². The van der Waals surface area contributed by atoms with Crippen LogP contribution in [-0.2, 0) is 18.7 Å². The van der Waals surface area contributed by atoms with E-state index in [0.29, 0.717) is 18.5 Å². The monoisotopic (exact) mass is 353 g/mol. The summed E-state index contributed by atoms with van der Waals surface area (Å²) < 4.78 is 16.4. The molecule has 6 nitrogen and oxygen atoms in total. The number of esters is 1. The highest BCUT2D eigenvalue weighted by molar-refractivity contribution is 6.69. The molecular formula is C17H27NO5Si. The Labute approximate surface area is 144 Å². The Morgan fingerprint density at radius 1 is 1.29 bits per heavy atom. The number of ether oxygens (including phenoxy) is 2. The van der Waals surface area contributed by atoms with Crippen LogP contribution in [-0.4, -0.2) is 57.7 Å². The summed E-state index contributed by atoms with van der Waals surface area (Å²) in [6.07, 6.45) is 2.14. The summed E-state index contributed by atoms with van der Waals surface area (Å²) in [4.78, 5) is 26.3. The molecule has 24 heavy (non-hydrogen) atoms. The molecule has 0 saturated carbocycles. The highest BCUT2D eigenvalue weighted by atomic mass is 28.4. The third-order valence-corrected chi connectivity index (χ3v) is 5.48. The van der Waals surface area contributed by atoms with Gasteiger partial charge in [-0.2, -0.15) is 0 Å². The SMILES string of the molecule is C=C(C)[C@@]1(O[Si](C)(C)C)C[C@H]2C=C(C(=O)OC)[C@@H]1N(C(=O)OC)C2. The normalized spacial score (nSPS) is 29.1. The number of piperidine rings is 1. The predicted molar refractivity (Wildman–Crippen MR) is 93.1 cm³/mol. The van der Waals surface area contributed by atoms with E-state index < -0.39 is 32.0 Å². The van der Waals surface area contributed by atoms with Crippen LogP contribution in [0.25, 0.3) is 0 Å². The fraction of sp³-hybridized carbons (Fsp3) is 0.647. The summed E-state index contributed by atoms with van der Waals surface area (Å²) in [5, 5.41) is 0. The number of hydrogen-bond acceptors (Lipinski definition) is 5. The highest BCUT2D eigenvalue weighted by Gasteiger charge is 2.58. The molecule has 1 fully saturated rings. The molecule has 0 aromatic heterocycles. The van der Waals surface area contributed by atoms with E-state index >= 15 is 0 Å². The van der Waals surface area contributed by atoms with Gasteiger partial charge in [0.25, 0.3) is 0 Å².